The van der Waals surface area contributed by atoms with Crippen molar-refractivity contribution in [3.8, 4) is 35.1 Å². The Kier molecular flexibility index (Phi) is 5.58. The average Bonchev–Trinajstić information content (AvgIpc) is 2.59. The zero-order valence-electron chi connectivity index (χ0n) is 13.2. The number of thioether (sulfide) groups is 1. The van der Waals surface area contributed by atoms with Gasteiger partial charge in [-0.3, -0.25) is 10.5 Å². The van der Waals surface area contributed by atoms with Crippen LogP contribution in [-0.4, -0.2) is 11.7 Å². The van der Waals surface area contributed by atoms with E-state index in [1.165, 1.54) is 6.92 Å². The molecule has 1 aromatic carbocycles. The summed E-state index contributed by atoms with van der Waals surface area (Å²) in [5.41, 5.74) is 7.22. The van der Waals surface area contributed by atoms with Gasteiger partial charge in [-0.05, 0) is 17.7 Å². The van der Waals surface area contributed by atoms with Crippen molar-refractivity contribution in [3.63, 3.8) is 0 Å². The minimum absolute atomic E-state index is 0.112. The van der Waals surface area contributed by atoms with Crippen LogP contribution in [0.2, 0.25) is 0 Å². The number of ether oxygens (including phenoxy) is 1. The molecule has 2 rings (SSSR count). The van der Waals surface area contributed by atoms with Gasteiger partial charge in [-0.2, -0.15) is 15.8 Å². The van der Waals surface area contributed by atoms with Crippen LogP contribution in [0.5, 0.6) is 5.75 Å². The lowest BCUT2D eigenvalue weighted by Gasteiger charge is -2.10. The maximum atomic E-state index is 11.0. The van der Waals surface area contributed by atoms with E-state index in [0.29, 0.717) is 21.9 Å². The molecule has 0 spiro atoms. The summed E-state index contributed by atoms with van der Waals surface area (Å²) in [7, 11) is 0. The molecule has 0 aliphatic heterocycles. The summed E-state index contributed by atoms with van der Waals surface area (Å²) in [5, 5.41) is 28.2. The van der Waals surface area contributed by atoms with Gasteiger partial charge >= 0.3 is 5.97 Å². The number of anilines is 1. The van der Waals surface area contributed by atoms with Crippen molar-refractivity contribution < 1.29 is 14.5 Å². The Morgan fingerprint density at radius 3 is 2.36 bits per heavy atom. The van der Waals surface area contributed by atoms with E-state index in [9.17, 15) is 15.3 Å². The van der Waals surface area contributed by atoms with E-state index in [-0.39, 0.29) is 22.7 Å². The molecular formula is C17H12N5O2S+. The average molecular weight is 350 g/mol. The summed E-state index contributed by atoms with van der Waals surface area (Å²) in [6.45, 7) is 1.29. The first-order valence-corrected chi connectivity index (χ1v) is 7.98. The molecule has 2 aromatic rings. The van der Waals surface area contributed by atoms with Gasteiger partial charge in [-0.25, -0.2) is 4.98 Å². The van der Waals surface area contributed by atoms with E-state index in [2.05, 4.69) is 11.1 Å². The van der Waals surface area contributed by atoms with Crippen molar-refractivity contribution in [2.75, 3.05) is 11.5 Å². The molecule has 0 aliphatic carbocycles. The quantitative estimate of drug-likeness (QED) is 0.505. The van der Waals surface area contributed by atoms with Gasteiger partial charge in [0.05, 0.1) is 11.8 Å². The lowest BCUT2D eigenvalue weighted by molar-refractivity contribution is -0.410. The molecule has 25 heavy (non-hydrogen) atoms. The number of nitriles is 3. The normalized spacial score (nSPS) is 9.52. The van der Waals surface area contributed by atoms with E-state index in [0.717, 1.165) is 11.8 Å². The summed E-state index contributed by atoms with van der Waals surface area (Å²) in [4.78, 5) is 13.8. The summed E-state index contributed by atoms with van der Waals surface area (Å²) >= 11 is 1.13. The molecule has 0 amide bonds. The Labute approximate surface area is 148 Å². The van der Waals surface area contributed by atoms with Gasteiger partial charge in [0, 0.05) is 12.5 Å². The fourth-order valence-electron chi connectivity index (χ4n) is 2.20. The summed E-state index contributed by atoms with van der Waals surface area (Å²) in [5.74, 6) is 0.141. The number of H-pyrrole nitrogens is 1. The first-order chi connectivity index (χ1) is 12.0. The van der Waals surface area contributed by atoms with Crippen LogP contribution >= 0.6 is 11.8 Å². The number of esters is 1. The fourth-order valence-corrected chi connectivity index (χ4v) is 2.88. The monoisotopic (exact) mass is 350 g/mol. The predicted octanol–water partition coefficient (Wildman–Crippen LogP) is 2.03. The van der Waals surface area contributed by atoms with Gasteiger partial charge in [0.25, 0.3) is 5.82 Å². The molecule has 7 nitrogen and oxygen atoms in total. The van der Waals surface area contributed by atoms with Gasteiger partial charge in [-0.15, -0.1) is 0 Å². The van der Waals surface area contributed by atoms with Crippen molar-refractivity contribution >= 4 is 23.5 Å². The standard InChI is InChI=1S/C17H11N5O2S/c1-10(23)24-12-4-2-11(3-5-12)15-13(8-19)16(21)22-17(14(15)9-20)25-7-6-18/h2-5H,7H2,1H3,(H2,21,22)/p+1. The van der Waals surface area contributed by atoms with Crippen LogP contribution in [0.15, 0.2) is 29.3 Å². The number of hydrogen-bond donors (Lipinski definition) is 1. The number of nitrogens with one attached hydrogen (secondary N) is 1. The largest absolute Gasteiger partial charge is 0.427 e. The molecule has 8 heteroatoms. The number of nitrogens with zero attached hydrogens (tertiary/aromatic N) is 3. The molecule has 0 saturated heterocycles. The lowest BCUT2D eigenvalue weighted by Crippen LogP contribution is -2.18. The smallest absolute Gasteiger partial charge is 0.308 e. The van der Waals surface area contributed by atoms with Crippen LogP contribution in [0.25, 0.3) is 11.1 Å². The van der Waals surface area contributed by atoms with E-state index in [4.69, 9.17) is 15.7 Å². The Hall–Kier alpha value is -3.54. The Morgan fingerprint density at radius 1 is 1.20 bits per heavy atom. The van der Waals surface area contributed by atoms with Crippen LogP contribution in [0.1, 0.15) is 18.1 Å². The number of nitrogens with two attached hydrogens (primary N) is 1. The fraction of sp³-hybridized carbons (Fsp3) is 0.118. The number of nitrogen functional groups attached to an aromatic ring is 1. The molecule has 0 atom stereocenters. The van der Waals surface area contributed by atoms with Crippen molar-refractivity contribution in [1.82, 2.24) is 0 Å². The number of aromatic amines is 1. The highest BCUT2D eigenvalue weighted by Gasteiger charge is 2.23. The third-order valence-corrected chi connectivity index (χ3v) is 4.02. The SMILES string of the molecule is CC(=O)Oc1ccc(-c2c(C#N)c(N)[nH+]c(SCC#N)c2C#N)cc1. The molecule has 0 aliphatic rings. The molecule has 1 heterocycles. The van der Waals surface area contributed by atoms with Crippen LogP contribution in [-0.2, 0) is 4.79 Å². The van der Waals surface area contributed by atoms with Crippen molar-refractivity contribution in [2.24, 2.45) is 0 Å². The van der Waals surface area contributed by atoms with E-state index >= 15 is 0 Å². The number of benzene rings is 1. The highest BCUT2D eigenvalue weighted by Crippen LogP contribution is 2.34. The number of pyridine rings is 1. The second kappa shape index (κ2) is 7.83. The highest BCUT2D eigenvalue weighted by molar-refractivity contribution is 7.99. The molecule has 0 fully saturated rings. The summed E-state index contributed by atoms with van der Waals surface area (Å²) in [6, 6.07) is 12.4. The number of rotatable bonds is 4. The van der Waals surface area contributed by atoms with Crippen molar-refractivity contribution in [2.45, 2.75) is 11.9 Å². The molecule has 0 radical (unpaired) electrons. The van der Waals surface area contributed by atoms with Gasteiger partial charge in [-0.1, -0.05) is 23.9 Å². The van der Waals surface area contributed by atoms with Gasteiger partial charge in [0.1, 0.15) is 29.0 Å². The van der Waals surface area contributed by atoms with E-state index < -0.39 is 5.97 Å². The summed E-state index contributed by atoms with van der Waals surface area (Å²) < 4.78 is 4.98. The zero-order valence-corrected chi connectivity index (χ0v) is 14.0. The van der Waals surface area contributed by atoms with Crippen LogP contribution in [0, 0.1) is 34.0 Å². The molecule has 0 saturated carbocycles. The van der Waals surface area contributed by atoms with Crippen LogP contribution in [0.4, 0.5) is 5.82 Å². The summed E-state index contributed by atoms with van der Waals surface area (Å²) in [6.07, 6.45) is 0. The van der Waals surface area contributed by atoms with Crippen LogP contribution in [0.3, 0.4) is 0 Å². The number of carbonyl (C=O) groups excluding carboxylic acids is 1. The maximum Gasteiger partial charge on any atom is 0.308 e. The van der Waals surface area contributed by atoms with Crippen LogP contribution < -0.4 is 15.5 Å². The molecule has 1 aromatic heterocycles. The van der Waals surface area contributed by atoms with Gasteiger partial charge in [0.15, 0.2) is 5.03 Å². The molecule has 0 unspecified atom stereocenters. The van der Waals surface area contributed by atoms with Crippen molar-refractivity contribution in [1.29, 1.82) is 15.8 Å². The second-order valence-corrected chi connectivity index (χ2v) is 5.77. The molecular weight excluding hydrogens is 338 g/mol. The molecule has 3 N–H and O–H groups in total. The topological polar surface area (TPSA) is 138 Å². The zero-order chi connectivity index (χ0) is 18.4. The Bertz CT molecular complexity index is 949. The van der Waals surface area contributed by atoms with E-state index in [1.807, 2.05) is 12.1 Å². The van der Waals surface area contributed by atoms with Crippen molar-refractivity contribution in [3.05, 3.63) is 35.4 Å². The minimum atomic E-state index is -0.447. The first kappa shape index (κ1) is 17.8. The third-order valence-electron chi connectivity index (χ3n) is 3.15. The number of hydrogen-bond acceptors (Lipinski definition) is 7. The predicted molar refractivity (Wildman–Crippen MR) is 89.9 cm³/mol. The maximum absolute atomic E-state index is 11.0. The molecule has 122 valence electrons. The Balaban J connectivity index is 2.64. The van der Waals surface area contributed by atoms with E-state index in [1.54, 1.807) is 24.3 Å². The molecule has 0 bridgehead atoms. The van der Waals surface area contributed by atoms with Gasteiger partial charge < -0.3 is 4.74 Å². The Morgan fingerprint density at radius 2 is 1.84 bits per heavy atom. The minimum Gasteiger partial charge on any atom is -0.427 e. The third kappa shape index (κ3) is 3.87. The number of carbonyl (C=O) groups is 1. The van der Waals surface area contributed by atoms with Gasteiger partial charge in [0.2, 0.25) is 0 Å². The lowest BCUT2D eigenvalue weighted by atomic mass is 9.97. The highest BCUT2D eigenvalue weighted by atomic mass is 32.2. The second-order valence-electron chi connectivity index (χ2n) is 4.78. The number of aromatic nitrogens is 1. The first-order valence-electron chi connectivity index (χ1n) is 6.99.